The van der Waals surface area contributed by atoms with E-state index in [1.54, 1.807) is 0 Å². The van der Waals surface area contributed by atoms with Gasteiger partial charge in [-0.15, -0.1) is 5.11 Å². The fourth-order valence-corrected chi connectivity index (χ4v) is 2.95. The van der Waals surface area contributed by atoms with E-state index in [1.807, 2.05) is 60.9 Å². The number of nitrogens with zero attached hydrogens (tertiary/aromatic N) is 7. The number of hydrogen-bond acceptors (Lipinski definition) is 8. The Kier molecular flexibility index (Phi) is 9.87. The number of thiocyanates is 1. The maximum Gasteiger partial charge on any atom is 0.270 e. The molecule has 0 bridgehead atoms. The van der Waals surface area contributed by atoms with Gasteiger partial charge in [-0.2, -0.15) is 10.4 Å². The maximum atomic E-state index is 10.8. The lowest BCUT2D eigenvalue weighted by Gasteiger charge is -2.21. The van der Waals surface area contributed by atoms with Gasteiger partial charge in [0, 0.05) is 36.5 Å². The molecule has 0 aliphatic carbocycles. The van der Waals surface area contributed by atoms with E-state index in [9.17, 15) is 15.4 Å². The number of nitro benzene ring substituents is 1. The minimum absolute atomic E-state index is 0.111. The fraction of sp³-hybridized carbons (Fsp3) is 0.174. The van der Waals surface area contributed by atoms with Crippen LogP contribution >= 0.6 is 0 Å². The van der Waals surface area contributed by atoms with Gasteiger partial charge in [-0.05, 0) is 37.3 Å². The van der Waals surface area contributed by atoms with Crippen LogP contribution in [0.15, 0.2) is 83.3 Å². The number of rotatable bonds is 8. The first-order valence-corrected chi connectivity index (χ1v) is 10.3. The van der Waals surface area contributed by atoms with Crippen molar-refractivity contribution >= 4 is 35.4 Å². The molecule has 0 amide bonds. The van der Waals surface area contributed by atoms with Crippen LogP contribution in [0.25, 0.3) is 0 Å². The van der Waals surface area contributed by atoms with Crippen LogP contribution < -0.4 is 9.47 Å². The molecule has 0 atom stereocenters. The number of azo groups is 1. The average molecular weight is 460 g/mol. The van der Waals surface area contributed by atoms with Crippen LogP contribution in [-0.2, 0) is 19.2 Å². The second-order valence-corrected chi connectivity index (χ2v) is 6.75. The molecular formula is C23H21N7O2S. The van der Waals surface area contributed by atoms with E-state index >= 15 is 0 Å². The summed E-state index contributed by atoms with van der Waals surface area (Å²) < 4.78 is 2.14. The Bertz CT molecular complexity index is 1170. The normalized spacial score (nSPS) is 9.91. The van der Waals surface area contributed by atoms with E-state index < -0.39 is 4.92 Å². The molecule has 0 spiro atoms. The molecule has 10 heteroatoms. The standard InChI is InChI=1S/C22H21N6O2.CHNS/c1-2-27(15-14-26-12-4-3-5-13-26)20-8-6-19(7-9-20)24-25-22-11-10-21(28(29)30)16-18(22)17-23;2-1-3/h3-13,16H,2,14-15H2,1H3;3H/q+1;/p-1. The topological polar surface area (TPSA) is 123 Å². The summed E-state index contributed by atoms with van der Waals surface area (Å²) in [5.41, 5.74) is 1.97. The molecule has 0 saturated carbocycles. The summed E-state index contributed by atoms with van der Waals surface area (Å²) in [6, 6.07) is 19.5. The Morgan fingerprint density at radius 2 is 1.76 bits per heavy atom. The van der Waals surface area contributed by atoms with Crippen molar-refractivity contribution in [2.24, 2.45) is 10.2 Å². The molecule has 9 nitrogen and oxygen atoms in total. The second-order valence-electron chi connectivity index (χ2n) is 6.57. The Morgan fingerprint density at radius 1 is 1.09 bits per heavy atom. The number of hydrogen-bond donors (Lipinski definition) is 0. The Balaban J connectivity index is 0.00000122. The van der Waals surface area contributed by atoms with Gasteiger partial charge in [-0.25, -0.2) is 9.83 Å². The molecule has 3 rings (SSSR count). The van der Waals surface area contributed by atoms with E-state index in [1.165, 1.54) is 23.6 Å². The lowest BCUT2D eigenvalue weighted by Crippen LogP contribution is -2.40. The first-order chi connectivity index (χ1) is 16.0. The third-order valence-corrected chi connectivity index (χ3v) is 4.59. The molecular weight excluding hydrogens is 438 g/mol. The SMILES string of the molecule is CCN(CC[n+]1ccccc1)c1ccc(N=Nc2ccc([N+](=O)[O-])cc2C#N)cc1.N#C[S-]. The number of aromatic nitrogens is 1. The van der Waals surface area contributed by atoms with Crippen LogP contribution in [0.4, 0.5) is 22.7 Å². The van der Waals surface area contributed by atoms with Crippen LogP contribution in [0.5, 0.6) is 0 Å². The first-order valence-electron chi connectivity index (χ1n) is 9.93. The van der Waals surface area contributed by atoms with E-state index in [4.69, 9.17) is 5.26 Å². The molecule has 0 radical (unpaired) electrons. The molecule has 0 fully saturated rings. The molecule has 0 N–H and O–H groups in total. The molecule has 1 aromatic heterocycles. The highest BCUT2D eigenvalue weighted by Crippen LogP contribution is 2.27. The van der Waals surface area contributed by atoms with Crippen LogP contribution in [0.2, 0.25) is 0 Å². The molecule has 33 heavy (non-hydrogen) atoms. The first kappa shape index (κ1) is 24.9. The lowest BCUT2D eigenvalue weighted by molar-refractivity contribution is -0.694. The highest BCUT2D eigenvalue weighted by atomic mass is 32.1. The van der Waals surface area contributed by atoms with E-state index in [-0.39, 0.29) is 11.3 Å². The van der Waals surface area contributed by atoms with Crippen molar-refractivity contribution in [2.75, 3.05) is 18.0 Å². The number of anilines is 1. The average Bonchev–Trinajstić information content (AvgIpc) is 2.84. The fourth-order valence-electron chi connectivity index (χ4n) is 2.95. The van der Waals surface area contributed by atoms with Gasteiger partial charge >= 0.3 is 0 Å². The summed E-state index contributed by atoms with van der Waals surface area (Å²) in [5, 5.41) is 36.7. The quantitative estimate of drug-likeness (QED) is 0.120. The van der Waals surface area contributed by atoms with E-state index in [0.29, 0.717) is 11.4 Å². The summed E-state index contributed by atoms with van der Waals surface area (Å²) in [7, 11) is 0. The zero-order valence-electron chi connectivity index (χ0n) is 17.9. The smallest absolute Gasteiger partial charge is 0.270 e. The monoisotopic (exact) mass is 459 g/mol. The lowest BCUT2D eigenvalue weighted by atomic mass is 10.2. The minimum atomic E-state index is -0.545. The van der Waals surface area contributed by atoms with Crippen LogP contribution in [0.1, 0.15) is 12.5 Å². The third kappa shape index (κ3) is 7.65. The van der Waals surface area contributed by atoms with Crippen LogP contribution in [0.3, 0.4) is 0 Å². The zero-order valence-corrected chi connectivity index (χ0v) is 18.7. The van der Waals surface area contributed by atoms with Gasteiger partial charge in [0.2, 0.25) is 0 Å². The van der Waals surface area contributed by atoms with Gasteiger partial charge in [0.25, 0.3) is 5.69 Å². The Morgan fingerprint density at radius 3 is 2.33 bits per heavy atom. The van der Waals surface area contributed by atoms with E-state index in [0.717, 1.165) is 25.3 Å². The number of nitro groups is 1. The summed E-state index contributed by atoms with van der Waals surface area (Å²) in [5.74, 6) is 0. The highest BCUT2D eigenvalue weighted by Gasteiger charge is 2.11. The number of non-ortho nitro benzene ring substituents is 1. The Hall–Kier alpha value is -4.41. The summed E-state index contributed by atoms with van der Waals surface area (Å²) in [6.07, 6.45) is 4.09. The van der Waals surface area contributed by atoms with Crippen molar-refractivity contribution in [2.45, 2.75) is 13.5 Å². The Labute approximate surface area is 197 Å². The van der Waals surface area contributed by atoms with Crippen LogP contribution in [0, 0.1) is 32.1 Å². The molecule has 0 unspecified atom stereocenters. The van der Waals surface area contributed by atoms with Crippen molar-refractivity contribution in [1.29, 1.82) is 10.5 Å². The van der Waals surface area contributed by atoms with Gasteiger partial charge in [-0.3, -0.25) is 10.1 Å². The summed E-state index contributed by atoms with van der Waals surface area (Å²) in [4.78, 5) is 12.6. The van der Waals surface area contributed by atoms with Gasteiger partial charge in [-0.1, -0.05) is 11.5 Å². The van der Waals surface area contributed by atoms with Gasteiger partial charge < -0.3 is 17.5 Å². The maximum absolute atomic E-state index is 10.8. The predicted molar refractivity (Wildman–Crippen MR) is 126 cm³/mol. The molecule has 1 heterocycles. The molecule has 0 saturated heterocycles. The van der Waals surface area contributed by atoms with Crippen LogP contribution in [-0.4, -0.2) is 18.0 Å². The predicted octanol–water partition coefficient (Wildman–Crippen LogP) is 4.71. The number of nitriles is 2. The largest absolute Gasteiger partial charge is 0.696 e. The molecule has 2 aromatic carbocycles. The van der Waals surface area contributed by atoms with E-state index in [2.05, 4.69) is 39.2 Å². The van der Waals surface area contributed by atoms with Crippen molar-refractivity contribution in [3.8, 4) is 11.5 Å². The second kappa shape index (κ2) is 13.1. The van der Waals surface area contributed by atoms with Crippen molar-refractivity contribution in [3.63, 3.8) is 0 Å². The summed E-state index contributed by atoms with van der Waals surface area (Å²) in [6.45, 7) is 4.75. The zero-order chi connectivity index (χ0) is 24.1. The molecule has 0 aliphatic rings. The highest BCUT2D eigenvalue weighted by molar-refractivity contribution is 7.64. The number of likely N-dealkylation sites (N-methyl/N-ethyl adjacent to an activating group) is 1. The number of benzene rings is 2. The summed E-state index contributed by atoms with van der Waals surface area (Å²) >= 11 is 3.70. The molecule has 166 valence electrons. The molecule has 3 aromatic rings. The van der Waals surface area contributed by atoms with Crippen molar-refractivity contribution < 1.29 is 9.49 Å². The van der Waals surface area contributed by atoms with Crippen molar-refractivity contribution in [3.05, 3.63) is 88.7 Å². The number of pyridine rings is 1. The van der Waals surface area contributed by atoms with Crippen molar-refractivity contribution in [1.82, 2.24) is 0 Å². The van der Waals surface area contributed by atoms with Gasteiger partial charge in [0.1, 0.15) is 11.8 Å². The van der Waals surface area contributed by atoms with Gasteiger partial charge in [0.05, 0.1) is 22.7 Å². The molecule has 0 aliphatic heterocycles. The third-order valence-electron chi connectivity index (χ3n) is 4.59. The van der Waals surface area contributed by atoms with Gasteiger partial charge in [0.15, 0.2) is 18.9 Å². The minimum Gasteiger partial charge on any atom is -0.696 e.